The molecule has 0 fully saturated rings. The van der Waals surface area contributed by atoms with E-state index in [0.717, 1.165) is 120 Å². The molecular formula is C66H34N8. The maximum Gasteiger partial charge on any atom is 0.219 e. The lowest BCUT2D eigenvalue weighted by molar-refractivity contribution is 1.13. The summed E-state index contributed by atoms with van der Waals surface area (Å²) in [6.07, 6.45) is 0. The van der Waals surface area contributed by atoms with E-state index in [0.29, 0.717) is 0 Å². The largest absolute Gasteiger partial charge is 0.329 e. The van der Waals surface area contributed by atoms with Crippen molar-refractivity contribution < 1.29 is 0 Å². The number of hydrogen-bond donors (Lipinski definition) is 0. The fraction of sp³-hybridized carbons (Fsp3) is 0. The van der Waals surface area contributed by atoms with Gasteiger partial charge in [0, 0.05) is 54.5 Å². The molecule has 0 aliphatic carbocycles. The van der Waals surface area contributed by atoms with Crippen LogP contribution >= 0.6 is 0 Å². The number of rotatable bonds is 4. The highest BCUT2D eigenvalue weighted by molar-refractivity contribution is 6.24. The van der Waals surface area contributed by atoms with Crippen molar-refractivity contribution in [1.29, 1.82) is 10.5 Å². The average molecular weight is 939 g/mol. The molecule has 4 heterocycles. The van der Waals surface area contributed by atoms with Crippen molar-refractivity contribution >= 4 is 120 Å². The molecule has 0 radical (unpaired) electrons. The number of aromatic nitrogens is 4. The monoisotopic (exact) mass is 938 g/mol. The van der Waals surface area contributed by atoms with Gasteiger partial charge in [0.25, 0.3) is 0 Å². The second kappa shape index (κ2) is 15.3. The summed E-state index contributed by atoms with van der Waals surface area (Å²) in [5.41, 5.74) is 9.53. The van der Waals surface area contributed by atoms with Gasteiger partial charge in [0.15, 0.2) is 0 Å². The molecule has 0 amide bonds. The van der Waals surface area contributed by atoms with Crippen molar-refractivity contribution in [2.75, 3.05) is 0 Å². The highest BCUT2D eigenvalue weighted by atomic mass is 15.1. The summed E-state index contributed by atoms with van der Waals surface area (Å²) in [6.45, 7) is 18.0. The number of hydrogen-bond acceptors (Lipinski definition) is 2. The molecule has 0 aliphatic rings. The van der Waals surface area contributed by atoms with Gasteiger partial charge in [0.1, 0.15) is 0 Å². The number of fused-ring (bicyclic) bond motifs is 16. The number of benzene rings is 11. The fourth-order valence-electron chi connectivity index (χ4n) is 12.3. The Bertz CT molecular complexity index is 4720. The molecule has 0 spiro atoms. The van der Waals surface area contributed by atoms with Crippen molar-refractivity contribution in [2.45, 2.75) is 0 Å². The summed E-state index contributed by atoms with van der Waals surface area (Å²) in [5.74, 6) is 0. The van der Waals surface area contributed by atoms with Gasteiger partial charge in [-0.1, -0.05) is 133 Å². The van der Waals surface area contributed by atoms with Crippen LogP contribution in [0.1, 0.15) is 11.1 Å². The first-order valence-electron chi connectivity index (χ1n) is 24.3. The second-order valence-electron chi connectivity index (χ2n) is 18.8. The molecule has 0 aliphatic heterocycles. The van der Waals surface area contributed by atoms with E-state index < -0.39 is 0 Å². The average Bonchev–Trinajstić information content (AvgIpc) is 4.19. The molecule has 0 bridgehead atoms. The van der Waals surface area contributed by atoms with Crippen molar-refractivity contribution in [2.24, 2.45) is 0 Å². The molecule has 338 valence electrons. The minimum atomic E-state index is -0.0105. The Morgan fingerprint density at radius 1 is 0.311 bits per heavy atom. The number of nitrogens with zero attached hydrogens (tertiary/aromatic N) is 8. The first kappa shape index (κ1) is 40.9. The quantitative estimate of drug-likeness (QED) is 0.165. The molecule has 0 saturated heterocycles. The van der Waals surface area contributed by atoms with Gasteiger partial charge < -0.3 is 18.3 Å². The Hall–Kier alpha value is -10.9. The maximum absolute atomic E-state index is 11.6. The van der Waals surface area contributed by atoms with E-state index in [9.17, 15) is 10.5 Å². The van der Waals surface area contributed by atoms with Crippen molar-refractivity contribution in [1.82, 2.24) is 18.3 Å². The summed E-state index contributed by atoms with van der Waals surface area (Å²) in [5, 5.41) is 35.5. The predicted molar refractivity (Wildman–Crippen MR) is 301 cm³/mol. The van der Waals surface area contributed by atoms with Gasteiger partial charge in [0.05, 0.1) is 91.9 Å². The third-order valence-corrected chi connectivity index (χ3v) is 15.2. The Kier molecular flexibility index (Phi) is 8.46. The van der Waals surface area contributed by atoms with E-state index in [1.54, 1.807) is 0 Å². The molecule has 0 N–H and O–H groups in total. The molecule has 8 heteroatoms. The van der Waals surface area contributed by atoms with Crippen LogP contribution in [0.3, 0.4) is 0 Å². The highest BCUT2D eigenvalue weighted by Crippen LogP contribution is 2.50. The van der Waals surface area contributed by atoms with Crippen LogP contribution in [0.25, 0.3) is 141 Å². The van der Waals surface area contributed by atoms with Crippen LogP contribution in [0.15, 0.2) is 206 Å². The SMILES string of the molecule is [C-]#[N+]c1c(C#N)c(-n2c3ccc(-n4c5ccccc5c5ccccc54)cc3c3c4ccccc4ccc32)c(C#N)c([N+]#[C-])c1-n1c2ccc(-n3c4ccccc4c4ccccc43)cc2c2c3ccccc3ccc21. The lowest BCUT2D eigenvalue weighted by Crippen LogP contribution is -2.06. The van der Waals surface area contributed by atoms with E-state index in [1.807, 2.05) is 57.7 Å². The molecule has 15 rings (SSSR count). The lowest BCUT2D eigenvalue weighted by atomic mass is 10.00. The third-order valence-electron chi connectivity index (χ3n) is 15.2. The Labute approximate surface area is 422 Å². The van der Waals surface area contributed by atoms with Crippen LogP contribution in [-0.4, -0.2) is 18.3 Å². The summed E-state index contributed by atoms with van der Waals surface area (Å²) < 4.78 is 8.44. The Balaban J connectivity index is 1.05. The van der Waals surface area contributed by atoms with Crippen LogP contribution < -0.4 is 0 Å². The molecule has 0 unspecified atom stereocenters. The van der Waals surface area contributed by atoms with Crippen LogP contribution in [0.4, 0.5) is 11.4 Å². The third kappa shape index (κ3) is 5.35. The molecule has 15 aromatic rings. The van der Waals surface area contributed by atoms with Crippen molar-refractivity contribution in [3.8, 4) is 34.9 Å². The summed E-state index contributed by atoms with van der Waals surface area (Å²) in [7, 11) is 0. The first-order valence-corrected chi connectivity index (χ1v) is 24.3. The standard InChI is InChI=1S/C66H34N8/c1-69-63-51(37-67)65(73-57-33-29-41(35-49(57)61-43-17-5-3-15-39(43)27-31-59(61)73)71-53-23-11-7-19-45(53)46-20-8-12-24-54(46)71)52(38-68)64(70-2)66(63)74-58-34-30-42(36-50(58)62-44-18-6-4-16-40(44)28-32-60(62)74)72-55-25-13-9-21-47(55)48-22-10-14-26-56(48)72/h3-36H. The van der Waals surface area contributed by atoms with Gasteiger partial charge in [-0.25, -0.2) is 9.69 Å². The maximum atomic E-state index is 11.6. The summed E-state index contributed by atoms with van der Waals surface area (Å²) >= 11 is 0. The summed E-state index contributed by atoms with van der Waals surface area (Å²) in [6, 6.07) is 75.8. The van der Waals surface area contributed by atoms with Gasteiger partial charge in [-0.2, -0.15) is 10.5 Å². The molecule has 11 aromatic carbocycles. The lowest BCUT2D eigenvalue weighted by Gasteiger charge is -2.20. The van der Waals surface area contributed by atoms with Crippen LogP contribution in [0, 0.1) is 35.8 Å². The minimum Gasteiger partial charge on any atom is -0.329 e. The smallest absolute Gasteiger partial charge is 0.219 e. The molecule has 4 aromatic heterocycles. The zero-order valence-corrected chi connectivity index (χ0v) is 39.2. The van der Waals surface area contributed by atoms with E-state index in [1.165, 1.54) is 0 Å². The van der Waals surface area contributed by atoms with Gasteiger partial charge in [-0.15, -0.1) is 0 Å². The molecule has 8 nitrogen and oxygen atoms in total. The number of para-hydroxylation sites is 4. The topological polar surface area (TPSA) is 76.0 Å². The van der Waals surface area contributed by atoms with Gasteiger partial charge in [0.2, 0.25) is 11.4 Å². The van der Waals surface area contributed by atoms with E-state index in [-0.39, 0.29) is 33.9 Å². The highest BCUT2D eigenvalue weighted by Gasteiger charge is 2.31. The van der Waals surface area contributed by atoms with Crippen LogP contribution in [0.2, 0.25) is 0 Å². The van der Waals surface area contributed by atoms with Crippen LogP contribution in [0.5, 0.6) is 0 Å². The number of nitriles is 2. The molecular weight excluding hydrogens is 905 g/mol. The second-order valence-corrected chi connectivity index (χ2v) is 18.8. The van der Waals surface area contributed by atoms with Crippen molar-refractivity contribution in [3.63, 3.8) is 0 Å². The minimum absolute atomic E-state index is 0.00933. The van der Waals surface area contributed by atoms with Gasteiger partial charge in [-0.05, 0) is 94.3 Å². The van der Waals surface area contributed by atoms with Crippen molar-refractivity contribution in [3.05, 3.63) is 240 Å². The normalized spacial score (nSPS) is 11.7. The Morgan fingerprint density at radius 3 is 1.01 bits per heavy atom. The van der Waals surface area contributed by atoms with Gasteiger partial charge >= 0.3 is 0 Å². The fourth-order valence-corrected chi connectivity index (χ4v) is 12.3. The van der Waals surface area contributed by atoms with Gasteiger partial charge in [-0.3, -0.25) is 0 Å². The molecule has 0 saturated carbocycles. The Morgan fingerprint density at radius 2 is 0.635 bits per heavy atom. The van der Waals surface area contributed by atoms with E-state index in [2.05, 4.69) is 189 Å². The predicted octanol–water partition coefficient (Wildman–Crippen LogP) is 17.2. The first-order chi connectivity index (χ1) is 36.6. The molecule has 0 atom stereocenters. The van der Waals surface area contributed by atoms with E-state index >= 15 is 0 Å². The zero-order valence-electron chi connectivity index (χ0n) is 39.2. The van der Waals surface area contributed by atoms with Crippen LogP contribution in [-0.2, 0) is 0 Å². The van der Waals surface area contributed by atoms with E-state index in [4.69, 9.17) is 13.1 Å². The summed E-state index contributed by atoms with van der Waals surface area (Å²) in [4.78, 5) is 8.41. The zero-order chi connectivity index (χ0) is 49.3. The molecule has 74 heavy (non-hydrogen) atoms.